The summed E-state index contributed by atoms with van der Waals surface area (Å²) in [5.41, 5.74) is 0. The van der Waals surface area contributed by atoms with Crippen molar-refractivity contribution in [1.29, 1.82) is 0 Å². The summed E-state index contributed by atoms with van der Waals surface area (Å²) in [6.45, 7) is 11.1. The van der Waals surface area contributed by atoms with Crippen molar-refractivity contribution in [2.24, 2.45) is 18.0 Å². The summed E-state index contributed by atoms with van der Waals surface area (Å²) in [7, 11) is 1.95. The minimum atomic E-state index is 0.170. The number of likely N-dealkylation sites (tertiary alicyclic amines) is 1. The van der Waals surface area contributed by atoms with Crippen LogP contribution < -0.4 is 10.6 Å². The second-order valence-electron chi connectivity index (χ2n) is 7.17. The van der Waals surface area contributed by atoms with Crippen molar-refractivity contribution in [3.05, 3.63) is 11.6 Å². The predicted octanol–water partition coefficient (Wildman–Crippen LogP) is 1.61. The van der Waals surface area contributed by atoms with Crippen molar-refractivity contribution < 1.29 is 4.79 Å². The fraction of sp³-hybridized carbons (Fsp3) is 0.789. The normalized spacial score (nSPS) is 16.1. The summed E-state index contributed by atoms with van der Waals surface area (Å²) in [5.74, 6) is 3.01. The molecular weight excluding hydrogens is 342 g/mol. The number of carbonyl (C=O) groups excluding carboxylic acids is 1. The second-order valence-corrected chi connectivity index (χ2v) is 7.17. The molecule has 27 heavy (non-hydrogen) atoms. The van der Waals surface area contributed by atoms with E-state index in [0.717, 1.165) is 62.9 Å². The van der Waals surface area contributed by atoms with Gasteiger partial charge in [-0.2, -0.15) is 0 Å². The number of carbonyl (C=O) groups is 1. The molecule has 0 spiro atoms. The maximum atomic E-state index is 12.5. The lowest BCUT2D eigenvalue weighted by Gasteiger charge is -2.34. The lowest BCUT2D eigenvalue weighted by Crippen LogP contribution is -2.50. The highest BCUT2D eigenvalue weighted by Crippen LogP contribution is 2.17. The van der Waals surface area contributed by atoms with Crippen molar-refractivity contribution in [2.45, 2.75) is 66.0 Å². The molecule has 0 atom stereocenters. The van der Waals surface area contributed by atoms with Gasteiger partial charge >= 0.3 is 0 Å². The molecule has 8 heteroatoms. The highest BCUT2D eigenvalue weighted by molar-refractivity contribution is 5.80. The number of hydrogen-bond donors (Lipinski definition) is 2. The number of piperidine rings is 1. The summed E-state index contributed by atoms with van der Waals surface area (Å²) in [6, 6.07) is 0.329. The molecule has 1 amide bonds. The summed E-state index contributed by atoms with van der Waals surface area (Å²) < 4.78 is 1.95. The van der Waals surface area contributed by atoms with Gasteiger partial charge in [0.2, 0.25) is 5.91 Å². The largest absolute Gasteiger partial charge is 0.357 e. The average Bonchev–Trinajstić information content (AvgIpc) is 2.99. The Bertz CT molecular complexity index is 628. The molecule has 1 aliphatic rings. The Kier molecular flexibility index (Phi) is 8.06. The summed E-state index contributed by atoms with van der Waals surface area (Å²) >= 11 is 0. The van der Waals surface area contributed by atoms with Crippen LogP contribution in [0.25, 0.3) is 0 Å². The lowest BCUT2D eigenvalue weighted by atomic mass is 9.98. The van der Waals surface area contributed by atoms with Gasteiger partial charge in [-0.05, 0) is 39.5 Å². The van der Waals surface area contributed by atoms with Crippen molar-refractivity contribution >= 4 is 11.9 Å². The number of aryl methyl sites for hydroxylation is 1. The van der Waals surface area contributed by atoms with Crippen LogP contribution in [0.4, 0.5) is 0 Å². The SMILES string of the molecule is CCNC(=NCc1nnc(C)n1C)NC1CCN(C(=O)C(CC)CC)CC1. The summed E-state index contributed by atoms with van der Waals surface area (Å²) in [5, 5.41) is 15.0. The van der Waals surface area contributed by atoms with E-state index in [-0.39, 0.29) is 5.92 Å². The highest BCUT2D eigenvalue weighted by atomic mass is 16.2. The topological polar surface area (TPSA) is 87.4 Å². The van der Waals surface area contributed by atoms with E-state index < -0.39 is 0 Å². The number of aromatic nitrogens is 3. The van der Waals surface area contributed by atoms with Gasteiger partial charge in [-0.15, -0.1) is 10.2 Å². The number of rotatable bonds is 7. The molecule has 1 saturated heterocycles. The quantitative estimate of drug-likeness (QED) is 0.557. The standard InChI is InChI=1S/C19H35N7O/c1-6-15(7-2)18(27)26-11-9-16(10-12-26)22-19(20-8-3)21-13-17-24-23-14(4)25(17)5/h15-16H,6-13H2,1-5H3,(H2,20,21,22). The van der Waals surface area contributed by atoms with Crippen LogP contribution in [-0.2, 0) is 18.4 Å². The first kappa shape index (κ1) is 21.2. The Balaban J connectivity index is 1.89. The van der Waals surface area contributed by atoms with Crippen molar-refractivity contribution in [2.75, 3.05) is 19.6 Å². The second kappa shape index (κ2) is 10.3. The van der Waals surface area contributed by atoms with E-state index >= 15 is 0 Å². The third kappa shape index (κ3) is 5.68. The first-order valence-corrected chi connectivity index (χ1v) is 10.2. The molecular formula is C19H35N7O. The van der Waals surface area contributed by atoms with Crippen molar-refractivity contribution in [3.8, 4) is 0 Å². The minimum Gasteiger partial charge on any atom is -0.357 e. The maximum absolute atomic E-state index is 12.5. The van der Waals surface area contributed by atoms with Crippen LogP contribution in [0, 0.1) is 12.8 Å². The van der Waals surface area contributed by atoms with E-state index in [1.807, 2.05) is 23.4 Å². The maximum Gasteiger partial charge on any atom is 0.225 e. The monoisotopic (exact) mass is 377 g/mol. The molecule has 0 saturated carbocycles. The number of hydrogen-bond acceptors (Lipinski definition) is 4. The van der Waals surface area contributed by atoms with E-state index in [1.165, 1.54) is 0 Å². The van der Waals surface area contributed by atoms with E-state index in [2.05, 4.69) is 46.6 Å². The molecule has 0 bridgehead atoms. The van der Waals surface area contributed by atoms with Gasteiger partial charge in [0.15, 0.2) is 11.8 Å². The average molecular weight is 378 g/mol. The van der Waals surface area contributed by atoms with Crippen LogP contribution in [-0.4, -0.2) is 57.2 Å². The lowest BCUT2D eigenvalue weighted by molar-refractivity contribution is -0.136. The number of guanidine groups is 1. The summed E-state index contributed by atoms with van der Waals surface area (Å²) in [6.07, 6.45) is 3.73. The molecule has 1 aromatic heterocycles. The highest BCUT2D eigenvalue weighted by Gasteiger charge is 2.26. The Hall–Kier alpha value is -2.12. The van der Waals surface area contributed by atoms with Crippen LogP contribution in [0.2, 0.25) is 0 Å². The molecule has 152 valence electrons. The van der Waals surface area contributed by atoms with Crippen molar-refractivity contribution in [1.82, 2.24) is 30.3 Å². The van der Waals surface area contributed by atoms with Crippen LogP contribution in [0.15, 0.2) is 4.99 Å². The van der Waals surface area contributed by atoms with E-state index in [0.29, 0.717) is 18.5 Å². The number of nitrogens with one attached hydrogen (secondary N) is 2. The van der Waals surface area contributed by atoms with Gasteiger partial charge in [0.05, 0.1) is 0 Å². The molecule has 1 aliphatic heterocycles. The first-order valence-electron chi connectivity index (χ1n) is 10.2. The van der Waals surface area contributed by atoms with Crippen LogP contribution >= 0.6 is 0 Å². The number of amides is 1. The fourth-order valence-electron chi connectivity index (χ4n) is 3.39. The molecule has 0 radical (unpaired) electrons. The van der Waals surface area contributed by atoms with Gasteiger partial charge in [0, 0.05) is 38.6 Å². The van der Waals surface area contributed by atoms with Gasteiger partial charge in [0.1, 0.15) is 12.4 Å². The van der Waals surface area contributed by atoms with E-state index in [4.69, 9.17) is 0 Å². The molecule has 1 aromatic rings. The van der Waals surface area contributed by atoms with Crippen molar-refractivity contribution in [3.63, 3.8) is 0 Å². The van der Waals surface area contributed by atoms with Gasteiger partial charge in [-0.1, -0.05) is 13.8 Å². The van der Waals surface area contributed by atoms with Gasteiger partial charge in [-0.25, -0.2) is 4.99 Å². The van der Waals surface area contributed by atoms with Crippen LogP contribution in [0.5, 0.6) is 0 Å². The zero-order valence-electron chi connectivity index (χ0n) is 17.5. The molecule has 1 fully saturated rings. The zero-order chi connectivity index (χ0) is 19.8. The predicted molar refractivity (Wildman–Crippen MR) is 107 cm³/mol. The Morgan fingerprint density at radius 2 is 1.89 bits per heavy atom. The molecule has 0 aliphatic carbocycles. The number of aliphatic imine (C=N–C) groups is 1. The molecule has 0 aromatic carbocycles. The zero-order valence-corrected chi connectivity index (χ0v) is 17.5. The Morgan fingerprint density at radius 1 is 1.22 bits per heavy atom. The fourth-order valence-corrected chi connectivity index (χ4v) is 3.39. The smallest absolute Gasteiger partial charge is 0.225 e. The molecule has 2 N–H and O–H groups in total. The third-order valence-electron chi connectivity index (χ3n) is 5.39. The van der Waals surface area contributed by atoms with Gasteiger partial charge in [-0.3, -0.25) is 4.79 Å². The van der Waals surface area contributed by atoms with Gasteiger partial charge in [0.25, 0.3) is 0 Å². The molecule has 0 unspecified atom stereocenters. The molecule has 2 rings (SSSR count). The van der Waals surface area contributed by atoms with Crippen LogP contribution in [0.3, 0.4) is 0 Å². The van der Waals surface area contributed by atoms with Gasteiger partial charge < -0.3 is 20.1 Å². The Morgan fingerprint density at radius 3 is 2.41 bits per heavy atom. The molecule has 2 heterocycles. The summed E-state index contributed by atoms with van der Waals surface area (Å²) in [4.78, 5) is 19.2. The van der Waals surface area contributed by atoms with E-state index in [9.17, 15) is 4.79 Å². The minimum absolute atomic E-state index is 0.170. The molecule has 8 nitrogen and oxygen atoms in total. The number of nitrogens with zero attached hydrogens (tertiary/aromatic N) is 5. The first-order chi connectivity index (χ1) is 13.0. The Labute approximate surface area is 162 Å². The van der Waals surface area contributed by atoms with Crippen LogP contribution in [0.1, 0.15) is 58.1 Å². The third-order valence-corrected chi connectivity index (χ3v) is 5.39. The van der Waals surface area contributed by atoms with E-state index in [1.54, 1.807) is 0 Å².